The maximum atomic E-state index is 13.8. The van der Waals surface area contributed by atoms with E-state index >= 15 is 0 Å². The van der Waals surface area contributed by atoms with Gasteiger partial charge in [-0.05, 0) is 66.5 Å². The monoisotopic (exact) mass is 456 g/mol. The van der Waals surface area contributed by atoms with E-state index in [-0.39, 0.29) is 30.6 Å². The molecular weight excluding hydrogens is 424 g/mol. The summed E-state index contributed by atoms with van der Waals surface area (Å²) in [6, 6.07) is 18.3. The first-order valence-electron chi connectivity index (χ1n) is 12.7. The highest BCUT2D eigenvalue weighted by molar-refractivity contribution is 6.10. The molecule has 2 aromatic rings. The van der Waals surface area contributed by atoms with Crippen molar-refractivity contribution in [2.24, 2.45) is 17.8 Å². The molecule has 7 rings (SSSR count). The number of amides is 3. The lowest BCUT2D eigenvalue weighted by atomic mass is 9.68. The lowest BCUT2D eigenvalue weighted by Crippen LogP contribution is -2.47. The van der Waals surface area contributed by atoms with Crippen LogP contribution in [0.1, 0.15) is 50.5 Å². The summed E-state index contributed by atoms with van der Waals surface area (Å²) in [6.07, 6.45) is 6.14. The van der Waals surface area contributed by atoms with Gasteiger partial charge in [-0.15, -0.1) is 0 Å². The van der Waals surface area contributed by atoms with E-state index in [9.17, 15) is 14.4 Å². The molecule has 2 aromatic carbocycles. The maximum Gasteiger partial charge on any atom is 0.240 e. The van der Waals surface area contributed by atoms with Gasteiger partial charge in [-0.25, -0.2) is 0 Å². The second kappa shape index (κ2) is 8.07. The van der Waals surface area contributed by atoms with E-state index in [0.717, 1.165) is 47.9 Å². The van der Waals surface area contributed by atoms with Crippen molar-refractivity contribution in [3.8, 4) is 11.1 Å². The Morgan fingerprint density at radius 1 is 0.853 bits per heavy atom. The van der Waals surface area contributed by atoms with Crippen LogP contribution in [-0.2, 0) is 19.8 Å². The highest BCUT2D eigenvalue weighted by atomic mass is 16.2. The standard InChI is InChI=1S/C29H32N2O3/c1-30-26(32)16-29(28(30)34,24-9-7-23(8-10-24)22-5-3-2-4-6-22)17-27(33)31-18-21-12-19-11-20(13-21)15-25(31)14-19/h2-10,19-21,25H,11-18H2,1H3/t19-,20-,21?,25?,29+/m0/s1. The van der Waals surface area contributed by atoms with Crippen LogP contribution in [0.3, 0.4) is 0 Å². The summed E-state index contributed by atoms with van der Waals surface area (Å²) >= 11 is 0. The zero-order chi connectivity index (χ0) is 23.4. The molecule has 3 aliphatic heterocycles. The Hall–Kier alpha value is -2.95. The van der Waals surface area contributed by atoms with Crippen molar-refractivity contribution in [1.29, 1.82) is 0 Å². The van der Waals surface area contributed by atoms with Crippen LogP contribution in [0.15, 0.2) is 54.6 Å². The summed E-state index contributed by atoms with van der Waals surface area (Å²) in [5.74, 6) is 1.67. The number of nitrogens with zero attached hydrogens (tertiary/aromatic N) is 2. The van der Waals surface area contributed by atoms with Crippen LogP contribution in [0.5, 0.6) is 0 Å². The van der Waals surface area contributed by atoms with Gasteiger partial charge in [0.25, 0.3) is 0 Å². The van der Waals surface area contributed by atoms with Crippen molar-refractivity contribution in [2.75, 3.05) is 13.6 Å². The Kier molecular flexibility index (Phi) is 5.12. The van der Waals surface area contributed by atoms with Gasteiger partial charge in [0.05, 0.1) is 5.41 Å². The van der Waals surface area contributed by atoms with Crippen LogP contribution < -0.4 is 0 Å². The zero-order valence-corrected chi connectivity index (χ0v) is 19.8. The first kappa shape index (κ1) is 21.6. The molecule has 5 heteroatoms. The SMILES string of the molecule is CN1C(=O)C[C@@](CC(=O)N2CC3C[C@H]4CC2C[C@H](C3)C4)(c2ccc(-c3ccccc3)cc2)C1=O. The first-order valence-corrected chi connectivity index (χ1v) is 12.7. The summed E-state index contributed by atoms with van der Waals surface area (Å²) in [5.41, 5.74) is 1.81. The molecule has 34 heavy (non-hydrogen) atoms. The number of carbonyl (C=O) groups excluding carboxylic acids is 3. The Morgan fingerprint density at radius 2 is 1.47 bits per heavy atom. The second-order valence-corrected chi connectivity index (χ2v) is 11.1. The third-order valence-electron chi connectivity index (χ3n) is 8.97. The first-order chi connectivity index (χ1) is 16.4. The smallest absolute Gasteiger partial charge is 0.240 e. The van der Waals surface area contributed by atoms with Gasteiger partial charge in [0.15, 0.2) is 0 Å². The third kappa shape index (κ3) is 3.48. The topological polar surface area (TPSA) is 57.7 Å². The minimum absolute atomic E-state index is 0.0433. The molecule has 0 radical (unpaired) electrons. The van der Waals surface area contributed by atoms with Crippen molar-refractivity contribution >= 4 is 17.7 Å². The Morgan fingerprint density at radius 3 is 2.09 bits per heavy atom. The average molecular weight is 457 g/mol. The van der Waals surface area contributed by atoms with Gasteiger partial charge in [0, 0.05) is 32.5 Å². The fourth-order valence-corrected chi connectivity index (χ4v) is 7.41. The molecule has 3 amide bonds. The largest absolute Gasteiger partial charge is 0.339 e. The third-order valence-corrected chi connectivity index (χ3v) is 8.97. The molecule has 5 fully saturated rings. The minimum Gasteiger partial charge on any atom is -0.339 e. The van der Waals surface area contributed by atoms with Gasteiger partial charge in [0.2, 0.25) is 17.7 Å². The van der Waals surface area contributed by atoms with Crippen molar-refractivity contribution in [2.45, 2.75) is 56.4 Å². The Bertz CT molecular complexity index is 1110. The van der Waals surface area contributed by atoms with E-state index in [1.165, 1.54) is 24.2 Å². The van der Waals surface area contributed by atoms with E-state index in [4.69, 9.17) is 0 Å². The van der Waals surface area contributed by atoms with Crippen LogP contribution >= 0.6 is 0 Å². The zero-order valence-electron chi connectivity index (χ0n) is 19.8. The van der Waals surface area contributed by atoms with Gasteiger partial charge in [-0.3, -0.25) is 19.3 Å². The number of carbonyl (C=O) groups is 3. The predicted molar refractivity (Wildman–Crippen MR) is 130 cm³/mol. The van der Waals surface area contributed by atoms with E-state index in [1.807, 2.05) is 54.6 Å². The fraction of sp³-hybridized carbons (Fsp3) is 0.483. The molecule has 0 spiro atoms. The number of hydrogen-bond acceptors (Lipinski definition) is 3. The predicted octanol–water partition coefficient (Wildman–Crippen LogP) is 4.41. The Balaban J connectivity index is 1.32. The number of rotatable bonds is 4. The molecule has 0 aromatic heterocycles. The lowest BCUT2D eigenvalue weighted by molar-refractivity contribution is -0.142. The van der Waals surface area contributed by atoms with Gasteiger partial charge in [0.1, 0.15) is 0 Å². The van der Waals surface area contributed by atoms with Gasteiger partial charge in [-0.1, -0.05) is 54.6 Å². The van der Waals surface area contributed by atoms with E-state index in [1.54, 1.807) is 7.05 Å². The highest BCUT2D eigenvalue weighted by Gasteiger charge is 2.54. The minimum atomic E-state index is -1.11. The van der Waals surface area contributed by atoms with Gasteiger partial charge >= 0.3 is 0 Å². The Labute approximate surface area is 201 Å². The van der Waals surface area contributed by atoms with E-state index < -0.39 is 5.41 Å². The van der Waals surface area contributed by atoms with Crippen LogP contribution in [0.2, 0.25) is 0 Å². The number of likely N-dealkylation sites (N-methyl/N-ethyl adjacent to an activating group) is 1. The number of imide groups is 1. The molecule has 4 bridgehead atoms. The van der Waals surface area contributed by atoms with Gasteiger partial charge in [-0.2, -0.15) is 0 Å². The molecule has 3 heterocycles. The molecule has 2 aliphatic carbocycles. The summed E-state index contributed by atoms with van der Waals surface area (Å²) in [6.45, 7) is 0.817. The van der Waals surface area contributed by atoms with Crippen LogP contribution in [-0.4, -0.2) is 47.2 Å². The molecule has 5 aliphatic rings. The highest BCUT2D eigenvalue weighted by Crippen LogP contribution is 2.48. The molecule has 3 saturated heterocycles. The molecular formula is C29H32N2O3. The normalized spacial score (nSPS) is 32.4. The quantitative estimate of drug-likeness (QED) is 0.641. The van der Waals surface area contributed by atoms with Crippen molar-refractivity contribution in [3.05, 3.63) is 60.2 Å². The molecule has 5 nitrogen and oxygen atoms in total. The van der Waals surface area contributed by atoms with E-state index in [0.29, 0.717) is 12.0 Å². The van der Waals surface area contributed by atoms with Crippen molar-refractivity contribution < 1.29 is 14.4 Å². The molecule has 0 N–H and O–H groups in total. The van der Waals surface area contributed by atoms with Crippen LogP contribution in [0.4, 0.5) is 0 Å². The van der Waals surface area contributed by atoms with Crippen LogP contribution in [0.25, 0.3) is 11.1 Å². The molecule has 2 saturated carbocycles. The molecule has 3 atom stereocenters. The number of fused-ring (bicyclic) bond motifs is 1. The number of likely N-dealkylation sites (tertiary alicyclic amines) is 1. The summed E-state index contributed by atoms with van der Waals surface area (Å²) in [5, 5.41) is 0. The lowest BCUT2D eigenvalue weighted by Gasteiger charge is -2.39. The van der Waals surface area contributed by atoms with Crippen molar-refractivity contribution in [1.82, 2.24) is 9.80 Å². The van der Waals surface area contributed by atoms with Crippen molar-refractivity contribution in [3.63, 3.8) is 0 Å². The molecule has 0 unspecified atom stereocenters. The van der Waals surface area contributed by atoms with Crippen LogP contribution in [0, 0.1) is 17.8 Å². The van der Waals surface area contributed by atoms with E-state index in [2.05, 4.69) is 4.90 Å². The molecule has 176 valence electrons. The fourth-order valence-electron chi connectivity index (χ4n) is 7.41. The average Bonchev–Trinajstić information content (AvgIpc) is 2.94. The summed E-state index contributed by atoms with van der Waals surface area (Å²) in [4.78, 5) is 43.3. The second-order valence-electron chi connectivity index (χ2n) is 11.1. The summed E-state index contributed by atoms with van der Waals surface area (Å²) in [7, 11) is 1.54. The summed E-state index contributed by atoms with van der Waals surface area (Å²) < 4.78 is 0. The number of benzene rings is 2. The van der Waals surface area contributed by atoms with Gasteiger partial charge < -0.3 is 4.90 Å². The maximum absolute atomic E-state index is 13.8. The number of hydrogen-bond donors (Lipinski definition) is 0.